The van der Waals surface area contributed by atoms with Crippen molar-refractivity contribution in [3.05, 3.63) is 29.3 Å². The number of nitriles is 1. The van der Waals surface area contributed by atoms with Crippen LogP contribution in [0.25, 0.3) is 0 Å². The van der Waals surface area contributed by atoms with Crippen LogP contribution in [0.2, 0.25) is 0 Å². The molecule has 2 nitrogen and oxygen atoms in total. The number of benzene rings is 1. The molecule has 16 heavy (non-hydrogen) atoms. The van der Waals surface area contributed by atoms with Gasteiger partial charge < -0.3 is 4.90 Å². The van der Waals surface area contributed by atoms with Crippen molar-refractivity contribution in [2.45, 2.75) is 33.7 Å². The normalized spacial score (nSPS) is 12.3. The molecule has 0 aliphatic rings. The van der Waals surface area contributed by atoms with Gasteiger partial charge in [-0.15, -0.1) is 0 Å². The van der Waals surface area contributed by atoms with Gasteiger partial charge >= 0.3 is 0 Å². The summed E-state index contributed by atoms with van der Waals surface area (Å²) in [5.74, 6) is 0.567. The van der Waals surface area contributed by atoms with Crippen LogP contribution in [0, 0.1) is 24.2 Å². The van der Waals surface area contributed by atoms with Gasteiger partial charge in [-0.05, 0) is 37.5 Å². The van der Waals surface area contributed by atoms with Crippen LogP contribution in [-0.2, 0) is 0 Å². The molecule has 0 amide bonds. The van der Waals surface area contributed by atoms with Crippen LogP contribution in [0.5, 0.6) is 0 Å². The van der Waals surface area contributed by atoms with Gasteiger partial charge in [0, 0.05) is 13.1 Å². The number of anilines is 1. The number of hydrogen-bond acceptors (Lipinski definition) is 2. The first-order valence-corrected chi connectivity index (χ1v) is 5.71. The molecule has 0 radical (unpaired) electrons. The number of aryl methyl sites for hydroxylation is 1. The first-order valence-electron chi connectivity index (χ1n) is 5.71. The molecule has 0 aromatic heterocycles. The molecular formula is C14H20N2. The molecule has 86 valence electrons. The molecule has 1 aromatic carbocycles. The highest BCUT2D eigenvalue weighted by Crippen LogP contribution is 2.24. The first-order chi connectivity index (χ1) is 7.47. The van der Waals surface area contributed by atoms with E-state index >= 15 is 0 Å². The van der Waals surface area contributed by atoms with Crippen molar-refractivity contribution in [2.24, 2.45) is 5.92 Å². The maximum Gasteiger partial charge on any atom is 0.101 e. The molecule has 0 heterocycles. The third-order valence-electron chi connectivity index (χ3n) is 3.23. The molecule has 1 atom stereocenters. The van der Waals surface area contributed by atoms with E-state index in [2.05, 4.69) is 44.9 Å². The molecular weight excluding hydrogens is 196 g/mol. The Bertz CT molecular complexity index is 402. The highest BCUT2D eigenvalue weighted by molar-refractivity contribution is 5.60. The van der Waals surface area contributed by atoms with Gasteiger partial charge in [0.15, 0.2) is 0 Å². The molecule has 1 rings (SSSR count). The highest BCUT2D eigenvalue weighted by atomic mass is 15.1. The van der Waals surface area contributed by atoms with Crippen LogP contribution < -0.4 is 4.90 Å². The Hall–Kier alpha value is -1.49. The molecule has 0 spiro atoms. The predicted octanol–water partition coefficient (Wildman–Crippen LogP) is 3.35. The van der Waals surface area contributed by atoms with Crippen LogP contribution in [0.3, 0.4) is 0 Å². The van der Waals surface area contributed by atoms with Gasteiger partial charge in [0.25, 0.3) is 0 Å². The molecule has 2 heteroatoms. The van der Waals surface area contributed by atoms with E-state index in [1.807, 2.05) is 19.1 Å². The van der Waals surface area contributed by atoms with Crippen LogP contribution >= 0.6 is 0 Å². The number of hydrogen-bond donors (Lipinski definition) is 0. The second-order valence-corrected chi connectivity index (χ2v) is 4.73. The van der Waals surface area contributed by atoms with E-state index in [1.54, 1.807) is 0 Å². The van der Waals surface area contributed by atoms with Gasteiger partial charge in [0.2, 0.25) is 0 Å². The molecule has 1 aromatic rings. The van der Waals surface area contributed by atoms with E-state index in [4.69, 9.17) is 5.26 Å². The van der Waals surface area contributed by atoms with Crippen molar-refractivity contribution in [1.82, 2.24) is 0 Å². The van der Waals surface area contributed by atoms with Crippen LogP contribution in [-0.4, -0.2) is 13.1 Å². The van der Waals surface area contributed by atoms with Crippen molar-refractivity contribution in [1.29, 1.82) is 5.26 Å². The maximum absolute atomic E-state index is 9.14. The molecule has 0 fully saturated rings. The van der Waals surface area contributed by atoms with Gasteiger partial charge in [-0.25, -0.2) is 0 Å². The summed E-state index contributed by atoms with van der Waals surface area (Å²) in [5, 5.41) is 9.14. The van der Waals surface area contributed by atoms with E-state index in [0.717, 1.165) is 16.8 Å². The van der Waals surface area contributed by atoms with Crippen molar-refractivity contribution < 1.29 is 0 Å². The first kappa shape index (κ1) is 12.6. The quantitative estimate of drug-likeness (QED) is 0.774. The van der Waals surface area contributed by atoms with Crippen LogP contribution in [0.1, 0.15) is 31.9 Å². The van der Waals surface area contributed by atoms with E-state index in [1.165, 1.54) is 0 Å². The smallest absolute Gasteiger partial charge is 0.101 e. The predicted molar refractivity (Wildman–Crippen MR) is 68.6 cm³/mol. The Balaban J connectivity index is 3.09. The molecule has 0 bridgehead atoms. The Morgan fingerprint density at radius 1 is 1.25 bits per heavy atom. The topological polar surface area (TPSA) is 27.0 Å². The van der Waals surface area contributed by atoms with Gasteiger partial charge in [0.05, 0.1) is 11.3 Å². The van der Waals surface area contributed by atoms with Gasteiger partial charge in [-0.3, -0.25) is 0 Å². The zero-order valence-corrected chi connectivity index (χ0v) is 10.8. The van der Waals surface area contributed by atoms with Crippen molar-refractivity contribution in [3.63, 3.8) is 0 Å². The van der Waals surface area contributed by atoms with Crippen molar-refractivity contribution in [3.8, 4) is 6.07 Å². The van der Waals surface area contributed by atoms with Crippen LogP contribution in [0.4, 0.5) is 5.69 Å². The summed E-state index contributed by atoms with van der Waals surface area (Å²) >= 11 is 0. The van der Waals surface area contributed by atoms with Crippen molar-refractivity contribution in [2.75, 3.05) is 11.9 Å². The van der Waals surface area contributed by atoms with Crippen molar-refractivity contribution >= 4 is 5.69 Å². The Kier molecular flexibility index (Phi) is 3.95. The average Bonchev–Trinajstić information content (AvgIpc) is 2.26. The number of rotatable bonds is 3. The lowest BCUT2D eigenvalue weighted by Gasteiger charge is -2.30. The van der Waals surface area contributed by atoms with E-state index in [-0.39, 0.29) is 0 Å². The average molecular weight is 216 g/mol. The Morgan fingerprint density at radius 2 is 1.88 bits per heavy atom. The summed E-state index contributed by atoms with van der Waals surface area (Å²) < 4.78 is 0. The summed E-state index contributed by atoms with van der Waals surface area (Å²) in [4.78, 5) is 2.18. The minimum atomic E-state index is 0.426. The lowest BCUT2D eigenvalue weighted by Crippen LogP contribution is -2.33. The standard InChI is InChI=1S/C14H20N2/c1-10(2)12(4)16(5)14-7-6-11(3)8-13(14)9-15/h6-8,10,12H,1-5H3. The summed E-state index contributed by atoms with van der Waals surface area (Å²) in [7, 11) is 2.05. The van der Waals surface area contributed by atoms with Gasteiger partial charge in [0.1, 0.15) is 6.07 Å². The highest BCUT2D eigenvalue weighted by Gasteiger charge is 2.16. The van der Waals surface area contributed by atoms with E-state index < -0.39 is 0 Å². The number of nitrogens with zero attached hydrogens (tertiary/aromatic N) is 2. The monoisotopic (exact) mass is 216 g/mol. The fraction of sp³-hybridized carbons (Fsp3) is 0.500. The summed E-state index contributed by atoms with van der Waals surface area (Å²) in [6.07, 6.45) is 0. The maximum atomic E-state index is 9.14. The van der Waals surface area contributed by atoms with Crippen LogP contribution in [0.15, 0.2) is 18.2 Å². The van der Waals surface area contributed by atoms with E-state index in [9.17, 15) is 0 Å². The summed E-state index contributed by atoms with van der Waals surface area (Å²) in [6, 6.07) is 8.73. The third kappa shape index (κ3) is 2.55. The molecule has 0 N–H and O–H groups in total. The fourth-order valence-electron chi connectivity index (χ4n) is 1.71. The molecule has 1 unspecified atom stereocenters. The Morgan fingerprint density at radius 3 is 2.38 bits per heavy atom. The second-order valence-electron chi connectivity index (χ2n) is 4.73. The molecule has 0 aliphatic heterocycles. The minimum Gasteiger partial charge on any atom is -0.371 e. The second kappa shape index (κ2) is 5.03. The molecule has 0 saturated carbocycles. The zero-order valence-electron chi connectivity index (χ0n) is 10.8. The summed E-state index contributed by atoms with van der Waals surface area (Å²) in [5.41, 5.74) is 2.91. The van der Waals surface area contributed by atoms with Gasteiger partial charge in [-0.1, -0.05) is 19.9 Å². The largest absolute Gasteiger partial charge is 0.371 e. The molecule has 0 saturated heterocycles. The summed E-state index contributed by atoms with van der Waals surface area (Å²) in [6.45, 7) is 8.59. The third-order valence-corrected chi connectivity index (χ3v) is 3.23. The Labute approximate surface area is 98.5 Å². The zero-order chi connectivity index (χ0) is 12.3. The lowest BCUT2D eigenvalue weighted by molar-refractivity contribution is 0.505. The van der Waals surface area contributed by atoms with E-state index in [0.29, 0.717) is 12.0 Å². The van der Waals surface area contributed by atoms with Gasteiger partial charge in [-0.2, -0.15) is 5.26 Å². The fourth-order valence-corrected chi connectivity index (χ4v) is 1.71. The lowest BCUT2D eigenvalue weighted by atomic mass is 10.0. The molecule has 0 aliphatic carbocycles. The SMILES string of the molecule is Cc1ccc(N(C)C(C)C(C)C)c(C#N)c1. The minimum absolute atomic E-state index is 0.426.